The van der Waals surface area contributed by atoms with E-state index in [2.05, 4.69) is 31.0 Å². The molecule has 94 valence electrons. The number of hydrogen-bond acceptors (Lipinski definition) is 2. The second-order valence-corrected chi connectivity index (χ2v) is 6.75. The van der Waals surface area contributed by atoms with Gasteiger partial charge in [-0.15, -0.1) is 0 Å². The molecule has 0 aromatic carbocycles. The summed E-state index contributed by atoms with van der Waals surface area (Å²) >= 11 is 0. The van der Waals surface area contributed by atoms with Crippen molar-refractivity contribution in [2.24, 2.45) is 11.3 Å². The number of piperidine rings is 1. The van der Waals surface area contributed by atoms with Crippen molar-refractivity contribution < 1.29 is 0 Å². The zero-order valence-corrected chi connectivity index (χ0v) is 11.3. The van der Waals surface area contributed by atoms with Crippen molar-refractivity contribution in [3.63, 3.8) is 0 Å². The third-order valence-electron chi connectivity index (χ3n) is 4.11. The smallest absolute Gasteiger partial charge is 0.00683 e. The summed E-state index contributed by atoms with van der Waals surface area (Å²) in [5.74, 6) is 0.807. The van der Waals surface area contributed by atoms with Gasteiger partial charge in [0.1, 0.15) is 0 Å². The Morgan fingerprint density at radius 2 is 1.88 bits per heavy atom. The van der Waals surface area contributed by atoms with Crippen LogP contribution in [0.25, 0.3) is 0 Å². The van der Waals surface area contributed by atoms with Gasteiger partial charge in [-0.3, -0.25) is 0 Å². The fraction of sp³-hybridized carbons (Fsp3) is 1.00. The lowest BCUT2D eigenvalue weighted by Crippen LogP contribution is -2.41. The highest BCUT2D eigenvalue weighted by Crippen LogP contribution is 2.29. The Balaban J connectivity index is 1.61. The van der Waals surface area contributed by atoms with E-state index in [0.717, 1.165) is 12.0 Å². The zero-order valence-electron chi connectivity index (χ0n) is 11.3. The molecule has 1 atom stereocenters. The minimum atomic E-state index is 0.589. The minimum Gasteiger partial charge on any atom is -0.314 e. The largest absolute Gasteiger partial charge is 0.314 e. The van der Waals surface area contributed by atoms with Crippen LogP contribution in [0.5, 0.6) is 0 Å². The first-order valence-electron chi connectivity index (χ1n) is 7.01. The van der Waals surface area contributed by atoms with Crippen LogP contribution in [0, 0.1) is 11.3 Å². The molecule has 0 spiro atoms. The summed E-state index contributed by atoms with van der Waals surface area (Å²) in [6, 6.07) is 0.864. The summed E-state index contributed by atoms with van der Waals surface area (Å²) in [6.45, 7) is 12.3. The van der Waals surface area contributed by atoms with Crippen molar-refractivity contribution in [3.8, 4) is 0 Å². The van der Waals surface area contributed by atoms with Gasteiger partial charge in [0.05, 0.1) is 0 Å². The molecule has 0 aromatic heterocycles. The molecular formula is C14H28N2. The monoisotopic (exact) mass is 224 g/mol. The molecule has 1 saturated heterocycles. The Bertz CT molecular complexity index is 211. The summed E-state index contributed by atoms with van der Waals surface area (Å²) in [5.41, 5.74) is 0.589. The van der Waals surface area contributed by atoms with Gasteiger partial charge in [0.2, 0.25) is 0 Å². The number of nitrogens with zero attached hydrogens (tertiary/aromatic N) is 1. The maximum absolute atomic E-state index is 3.64. The summed E-state index contributed by atoms with van der Waals surface area (Å²) in [5, 5.41) is 3.64. The van der Waals surface area contributed by atoms with E-state index >= 15 is 0 Å². The molecule has 1 aliphatic heterocycles. The van der Waals surface area contributed by atoms with Crippen molar-refractivity contribution in [2.75, 3.05) is 26.2 Å². The average Bonchev–Trinajstić information content (AvgIpc) is 3.02. The molecule has 0 radical (unpaired) electrons. The van der Waals surface area contributed by atoms with Gasteiger partial charge in [-0.25, -0.2) is 0 Å². The van der Waals surface area contributed by atoms with Crippen molar-refractivity contribution in [1.29, 1.82) is 0 Å². The standard InChI is InChI=1S/C14H28N2/c1-12(10-15-13-4-5-13)11-16-8-6-14(2,3)7-9-16/h12-13,15H,4-11H2,1-3H3. The average molecular weight is 224 g/mol. The van der Waals surface area contributed by atoms with Gasteiger partial charge in [0, 0.05) is 12.6 Å². The maximum Gasteiger partial charge on any atom is 0.00683 e. The molecule has 1 unspecified atom stereocenters. The van der Waals surface area contributed by atoms with Gasteiger partial charge >= 0.3 is 0 Å². The Morgan fingerprint density at radius 3 is 2.44 bits per heavy atom. The molecule has 1 aliphatic carbocycles. The topological polar surface area (TPSA) is 15.3 Å². The fourth-order valence-corrected chi connectivity index (χ4v) is 2.50. The van der Waals surface area contributed by atoms with Gasteiger partial charge in [-0.05, 0) is 56.7 Å². The molecule has 2 fully saturated rings. The predicted octanol–water partition coefficient (Wildman–Crippen LogP) is 2.50. The van der Waals surface area contributed by atoms with Gasteiger partial charge in [-0.2, -0.15) is 0 Å². The van der Waals surface area contributed by atoms with E-state index in [1.54, 1.807) is 0 Å². The van der Waals surface area contributed by atoms with E-state index in [0.29, 0.717) is 5.41 Å². The van der Waals surface area contributed by atoms with Crippen LogP contribution in [0.2, 0.25) is 0 Å². The molecule has 0 aromatic rings. The maximum atomic E-state index is 3.64. The second-order valence-electron chi connectivity index (χ2n) is 6.75. The van der Waals surface area contributed by atoms with Crippen molar-refractivity contribution in [2.45, 2.75) is 52.5 Å². The highest BCUT2D eigenvalue weighted by molar-refractivity contribution is 4.83. The predicted molar refractivity (Wildman–Crippen MR) is 69.6 cm³/mol. The van der Waals surface area contributed by atoms with Gasteiger partial charge in [-0.1, -0.05) is 20.8 Å². The van der Waals surface area contributed by atoms with Gasteiger partial charge in [0.15, 0.2) is 0 Å². The van der Waals surface area contributed by atoms with E-state index in [-0.39, 0.29) is 0 Å². The first-order valence-corrected chi connectivity index (χ1v) is 7.01. The second kappa shape index (κ2) is 5.05. The van der Waals surface area contributed by atoms with Crippen LogP contribution in [-0.4, -0.2) is 37.1 Å². The summed E-state index contributed by atoms with van der Waals surface area (Å²) in [7, 11) is 0. The summed E-state index contributed by atoms with van der Waals surface area (Å²) < 4.78 is 0. The van der Waals surface area contributed by atoms with Crippen LogP contribution in [-0.2, 0) is 0 Å². The fourth-order valence-electron chi connectivity index (χ4n) is 2.50. The lowest BCUT2D eigenvalue weighted by Gasteiger charge is -2.38. The van der Waals surface area contributed by atoms with Crippen molar-refractivity contribution in [3.05, 3.63) is 0 Å². The molecule has 2 aliphatic rings. The molecule has 2 heteroatoms. The van der Waals surface area contributed by atoms with Crippen LogP contribution >= 0.6 is 0 Å². The molecule has 2 rings (SSSR count). The number of hydrogen-bond donors (Lipinski definition) is 1. The highest BCUT2D eigenvalue weighted by Gasteiger charge is 2.26. The van der Waals surface area contributed by atoms with Crippen LogP contribution < -0.4 is 5.32 Å². The third kappa shape index (κ3) is 4.06. The van der Waals surface area contributed by atoms with Crippen molar-refractivity contribution >= 4 is 0 Å². The van der Waals surface area contributed by atoms with E-state index in [1.165, 1.54) is 51.9 Å². The minimum absolute atomic E-state index is 0.589. The Kier molecular flexibility index (Phi) is 3.91. The van der Waals surface area contributed by atoms with Crippen LogP contribution in [0.1, 0.15) is 46.5 Å². The van der Waals surface area contributed by atoms with E-state index < -0.39 is 0 Å². The Morgan fingerprint density at radius 1 is 1.25 bits per heavy atom. The van der Waals surface area contributed by atoms with Crippen LogP contribution in [0.4, 0.5) is 0 Å². The SMILES string of the molecule is CC(CNC1CC1)CN1CCC(C)(C)CC1. The van der Waals surface area contributed by atoms with Gasteiger partial charge in [0.25, 0.3) is 0 Å². The van der Waals surface area contributed by atoms with E-state index in [4.69, 9.17) is 0 Å². The van der Waals surface area contributed by atoms with E-state index in [9.17, 15) is 0 Å². The molecule has 0 amide bonds. The highest BCUT2D eigenvalue weighted by atomic mass is 15.1. The lowest BCUT2D eigenvalue weighted by molar-refractivity contribution is 0.119. The van der Waals surface area contributed by atoms with Crippen LogP contribution in [0.15, 0.2) is 0 Å². The molecule has 1 heterocycles. The van der Waals surface area contributed by atoms with Crippen LogP contribution in [0.3, 0.4) is 0 Å². The summed E-state index contributed by atoms with van der Waals surface area (Å²) in [4.78, 5) is 2.66. The summed E-state index contributed by atoms with van der Waals surface area (Å²) in [6.07, 6.45) is 5.56. The first kappa shape index (κ1) is 12.4. The number of nitrogens with one attached hydrogen (secondary N) is 1. The zero-order chi connectivity index (χ0) is 11.6. The molecule has 16 heavy (non-hydrogen) atoms. The van der Waals surface area contributed by atoms with Crippen molar-refractivity contribution in [1.82, 2.24) is 10.2 Å². The molecule has 1 saturated carbocycles. The molecule has 1 N–H and O–H groups in total. The van der Waals surface area contributed by atoms with Gasteiger partial charge < -0.3 is 10.2 Å². The number of likely N-dealkylation sites (tertiary alicyclic amines) is 1. The Hall–Kier alpha value is -0.0800. The molecule has 2 nitrogen and oxygen atoms in total. The molecular weight excluding hydrogens is 196 g/mol. The quantitative estimate of drug-likeness (QED) is 0.772. The lowest BCUT2D eigenvalue weighted by atomic mass is 9.82. The molecule has 0 bridgehead atoms. The Labute approximate surface area is 101 Å². The number of rotatable bonds is 5. The first-order chi connectivity index (χ1) is 7.55. The third-order valence-corrected chi connectivity index (χ3v) is 4.11. The normalized spacial score (nSPS) is 27.9. The van der Waals surface area contributed by atoms with E-state index in [1.807, 2.05) is 0 Å².